The molecule has 2 N–H and O–H groups in total. The van der Waals surface area contributed by atoms with Crippen molar-refractivity contribution in [3.05, 3.63) is 24.3 Å². The summed E-state index contributed by atoms with van der Waals surface area (Å²) in [7, 11) is 0. The van der Waals surface area contributed by atoms with Crippen LogP contribution >= 0.6 is 0 Å². The van der Waals surface area contributed by atoms with Crippen LogP contribution in [0.15, 0.2) is 24.3 Å². The van der Waals surface area contributed by atoms with Gasteiger partial charge in [0.1, 0.15) is 19.0 Å². The molecule has 1 aromatic carbocycles. The Labute approximate surface area is 279 Å². The largest absolute Gasteiger partial charge is 0.491 e. The van der Waals surface area contributed by atoms with Crippen LogP contribution in [-0.2, 0) is 38.0 Å². The van der Waals surface area contributed by atoms with Gasteiger partial charge in [-0.3, -0.25) is 4.79 Å². The van der Waals surface area contributed by atoms with Gasteiger partial charge in [-0.2, -0.15) is 0 Å². The van der Waals surface area contributed by atoms with Crippen molar-refractivity contribution in [2.75, 3.05) is 98.2 Å². The van der Waals surface area contributed by atoms with Gasteiger partial charge in [0.05, 0.1) is 79.3 Å². The van der Waals surface area contributed by atoms with Crippen LogP contribution in [0.3, 0.4) is 0 Å². The first-order chi connectivity index (χ1) is 22.7. The van der Waals surface area contributed by atoms with Crippen molar-refractivity contribution >= 4 is 11.7 Å². The first-order valence-electron chi connectivity index (χ1n) is 17.8. The van der Waals surface area contributed by atoms with Gasteiger partial charge in [-0.1, -0.05) is 84.0 Å². The van der Waals surface area contributed by atoms with Gasteiger partial charge in [0.15, 0.2) is 0 Å². The molecule has 0 aliphatic heterocycles. The molecule has 0 aliphatic rings. The van der Waals surface area contributed by atoms with E-state index in [0.29, 0.717) is 105 Å². The van der Waals surface area contributed by atoms with Crippen molar-refractivity contribution in [3.63, 3.8) is 0 Å². The summed E-state index contributed by atoms with van der Waals surface area (Å²) in [6.07, 6.45) is 17.4. The maximum Gasteiger partial charge on any atom is 0.305 e. The molecular formula is C36H65NO9. The normalized spacial score (nSPS) is 11.2. The Kier molecular flexibility index (Phi) is 31.5. The highest BCUT2D eigenvalue weighted by Gasteiger charge is 2.03. The summed E-state index contributed by atoms with van der Waals surface area (Å²) in [5, 5.41) is 0. The van der Waals surface area contributed by atoms with Crippen molar-refractivity contribution in [3.8, 4) is 5.75 Å². The second kappa shape index (κ2) is 34.4. The number of esters is 1. The van der Waals surface area contributed by atoms with E-state index in [1.165, 1.54) is 70.6 Å². The molecule has 10 nitrogen and oxygen atoms in total. The van der Waals surface area contributed by atoms with E-state index in [1.807, 2.05) is 12.1 Å². The average Bonchev–Trinajstić information content (AvgIpc) is 3.06. The van der Waals surface area contributed by atoms with Gasteiger partial charge >= 0.3 is 5.97 Å². The molecule has 0 atom stereocenters. The lowest BCUT2D eigenvalue weighted by molar-refractivity contribution is -0.145. The van der Waals surface area contributed by atoms with E-state index < -0.39 is 0 Å². The molecule has 0 amide bonds. The Morgan fingerprint density at radius 1 is 0.478 bits per heavy atom. The number of hydrogen-bond donors (Lipinski definition) is 1. The van der Waals surface area contributed by atoms with Crippen molar-refractivity contribution < 1.29 is 42.7 Å². The number of unbranched alkanes of at least 4 members (excludes halogenated alkanes) is 12. The number of hydrogen-bond acceptors (Lipinski definition) is 10. The molecule has 0 aromatic heterocycles. The van der Waals surface area contributed by atoms with Crippen molar-refractivity contribution in [2.24, 2.45) is 0 Å². The minimum Gasteiger partial charge on any atom is -0.491 e. The summed E-state index contributed by atoms with van der Waals surface area (Å²) in [5.74, 6) is 0.643. The Morgan fingerprint density at radius 2 is 0.826 bits per heavy atom. The monoisotopic (exact) mass is 655 g/mol. The minimum atomic E-state index is -0.130. The molecule has 0 aliphatic carbocycles. The quantitative estimate of drug-likeness (QED) is 0.0472. The molecule has 0 saturated carbocycles. The smallest absolute Gasteiger partial charge is 0.305 e. The maximum atomic E-state index is 11.8. The number of carbonyl (C=O) groups is 1. The predicted octanol–water partition coefficient (Wildman–Crippen LogP) is 6.77. The molecule has 0 spiro atoms. The van der Waals surface area contributed by atoms with E-state index in [0.717, 1.165) is 18.6 Å². The van der Waals surface area contributed by atoms with E-state index in [-0.39, 0.29) is 5.97 Å². The number of benzene rings is 1. The molecule has 0 fully saturated rings. The summed E-state index contributed by atoms with van der Waals surface area (Å²) >= 11 is 0. The standard InChI is InChI=1S/C36H65NO9/c1-2-3-4-5-6-7-8-9-10-11-12-13-14-15-36(38)46-33-31-44-29-27-42-25-23-40-21-20-39-22-24-41-26-28-43-30-32-45-35-18-16-34(37)17-19-35/h16-19H,2-15,20-33,37H2,1H3. The molecule has 0 saturated heterocycles. The molecule has 0 heterocycles. The van der Waals surface area contributed by atoms with E-state index in [2.05, 4.69) is 6.92 Å². The summed E-state index contributed by atoms with van der Waals surface area (Å²) in [4.78, 5) is 11.8. The first-order valence-corrected chi connectivity index (χ1v) is 17.8. The van der Waals surface area contributed by atoms with Crippen LogP contribution < -0.4 is 10.5 Å². The number of ether oxygens (including phenoxy) is 8. The van der Waals surface area contributed by atoms with Crippen LogP contribution in [0.1, 0.15) is 96.8 Å². The van der Waals surface area contributed by atoms with Crippen LogP contribution in [0.25, 0.3) is 0 Å². The Bertz CT molecular complexity index is 766. The zero-order valence-corrected chi connectivity index (χ0v) is 28.9. The highest BCUT2D eigenvalue weighted by Crippen LogP contribution is 2.14. The van der Waals surface area contributed by atoms with Gasteiger partial charge in [0.25, 0.3) is 0 Å². The van der Waals surface area contributed by atoms with Crippen molar-refractivity contribution in [1.82, 2.24) is 0 Å². The third kappa shape index (κ3) is 30.7. The van der Waals surface area contributed by atoms with Crippen molar-refractivity contribution in [1.29, 1.82) is 0 Å². The number of nitrogens with two attached hydrogens (primary N) is 1. The predicted molar refractivity (Wildman–Crippen MR) is 183 cm³/mol. The highest BCUT2D eigenvalue weighted by molar-refractivity contribution is 5.69. The maximum absolute atomic E-state index is 11.8. The fraction of sp³-hybridized carbons (Fsp3) is 0.806. The Morgan fingerprint density at radius 3 is 1.24 bits per heavy atom. The third-order valence-corrected chi connectivity index (χ3v) is 7.21. The summed E-state index contributed by atoms with van der Waals surface area (Å²) in [5.41, 5.74) is 6.35. The third-order valence-electron chi connectivity index (χ3n) is 7.21. The minimum absolute atomic E-state index is 0.130. The van der Waals surface area contributed by atoms with Gasteiger partial charge in [0, 0.05) is 12.1 Å². The molecule has 1 rings (SSSR count). The second-order valence-electron chi connectivity index (χ2n) is 11.3. The summed E-state index contributed by atoms with van der Waals surface area (Å²) < 4.78 is 43.7. The first kappa shape index (κ1) is 42.1. The molecule has 0 unspecified atom stereocenters. The second-order valence-corrected chi connectivity index (χ2v) is 11.3. The molecule has 0 radical (unpaired) electrons. The molecule has 268 valence electrons. The lowest BCUT2D eigenvalue weighted by atomic mass is 10.0. The average molecular weight is 656 g/mol. The van der Waals surface area contributed by atoms with Crippen LogP contribution in [-0.4, -0.2) is 98.5 Å². The van der Waals surface area contributed by atoms with Gasteiger partial charge in [0.2, 0.25) is 0 Å². The Hall–Kier alpha value is -1.95. The van der Waals surface area contributed by atoms with Crippen LogP contribution in [0.5, 0.6) is 5.75 Å². The number of nitrogen functional groups attached to an aromatic ring is 1. The number of carbonyl (C=O) groups excluding carboxylic acids is 1. The van der Waals surface area contributed by atoms with Gasteiger partial charge < -0.3 is 43.6 Å². The lowest BCUT2D eigenvalue weighted by Crippen LogP contribution is -2.15. The number of anilines is 1. The fourth-order valence-electron chi connectivity index (χ4n) is 4.56. The summed E-state index contributed by atoms with van der Waals surface area (Å²) in [6.45, 7) is 8.87. The molecule has 10 heteroatoms. The highest BCUT2D eigenvalue weighted by atomic mass is 16.6. The molecular weight excluding hydrogens is 590 g/mol. The summed E-state index contributed by atoms with van der Waals surface area (Å²) in [6, 6.07) is 7.27. The van der Waals surface area contributed by atoms with Crippen molar-refractivity contribution in [2.45, 2.75) is 96.8 Å². The van der Waals surface area contributed by atoms with E-state index in [9.17, 15) is 4.79 Å². The zero-order chi connectivity index (χ0) is 33.0. The zero-order valence-electron chi connectivity index (χ0n) is 28.9. The molecule has 1 aromatic rings. The van der Waals surface area contributed by atoms with E-state index in [4.69, 9.17) is 43.6 Å². The topological polar surface area (TPSA) is 117 Å². The molecule has 0 bridgehead atoms. The van der Waals surface area contributed by atoms with Crippen LogP contribution in [0.2, 0.25) is 0 Å². The van der Waals surface area contributed by atoms with Gasteiger partial charge in [-0.05, 0) is 30.7 Å². The fourth-order valence-corrected chi connectivity index (χ4v) is 4.56. The number of rotatable bonds is 36. The van der Waals surface area contributed by atoms with Gasteiger partial charge in [-0.25, -0.2) is 0 Å². The van der Waals surface area contributed by atoms with Crippen LogP contribution in [0.4, 0.5) is 5.69 Å². The van der Waals surface area contributed by atoms with E-state index >= 15 is 0 Å². The SMILES string of the molecule is CCCCCCCCCCCCCCCC(=O)OCCOCCOCCOCCOCCOCCOCCOc1ccc(N)cc1. The molecule has 46 heavy (non-hydrogen) atoms. The van der Waals surface area contributed by atoms with Gasteiger partial charge in [-0.15, -0.1) is 0 Å². The Balaban J connectivity index is 1.67. The van der Waals surface area contributed by atoms with E-state index in [1.54, 1.807) is 12.1 Å². The lowest BCUT2D eigenvalue weighted by Gasteiger charge is -2.09. The van der Waals surface area contributed by atoms with Crippen LogP contribution in [0, 0.1) is 0 Å².